The van der Waals surface area contributed by atoms with Gasteiger partial charge in [0.25, 0.3) is 0 Å². The molecule has 2 rings (SSSR count). The van der Waals surface area contributed by atoms with E-state index in [0.29, 0.717) is 11.6 Å². The van der Waals surface area contributed by atoms with Crippen molar-refractivity contribution in [1.82, 2.24) is 10.2 Å². The summed E-state index contributed by atoms with van der Waals surface area (Å²) in [6, 6.07) is 2.34. The number of piperidine rings is 1. The van der Waals surface area contributed by atoms with Crippen LogP contribution in [0.5, 0.6) is 0 Å². The van der Waals surface area contributed by atoms with Gasteiger partial charge in [-0.1, -0.05) is 6.92 Å². The zero-order valence-electron chi connectivity index (χ0n) is 11.4. The number of aromatic carboxylic acids is 1. The number of likely N-dealkylation sites (tertiary alicyclic amines) is 1. The van der Waals surface area contributed by atoms with E-state index in [1.165, 1.54) is 50.2 Å². The van der Waals surface area contributed by atoms with Crippen molar-refractivity contribution in [2.24, 2.45) is 0 Å². The molecule has 1 fully saturated rings. The minimum Gasteiger partial charge on any atom is -0.478 e. The van der Waals surface area contributed by atoms with E-state index in [9.17, 15) is 4.79 Å². The Morgan fingerprint density at radius 2 is 2.26 bits per heavy atom. The predicted molar refractivity (Wildman–Crippen MR) is 77.9 cm³/mol. The number of carbonyl (C=O) groups is 1. The highest BCUT2D eigenvalue weighted by molar-refractivity contribution is 7.10. The number of carboxylic acids is 1. The minimum atomic E-state index is -0.838. The predicted octanol–water partition coefficient (Wildman–Crippen LogP) is 2.41. The standard InChI is InChI=1S/C14H22N2O2S/c1-2-5-16-6-3-12(4-7-16)15-9-13-8-11(10-19-13)14(17)18/h8,10,12,15H,2-7,9H2,1H3,(H,17,18). The molecule has 0 atom stereocenters. The van der Waals surface area contributed by atoms with E-state index in [-0.39, 0.29) is 0 Å². The van der Waals surface area contributed by atoms with Crippen molar-refractivity contribution in [2.75, 3.05) is 19.6 Å². The molecule has 0 spiro atoms. The van der Waals surface area contributed by atoms with Gasteiger partial charge in [-0.3, -0.25) is 0 Å². The highest BCUT2D eigenvalue weighted by atomic mass is 32.1. The lowest BCUT2D eigenvalue weighted by molar-refractivity contribution is 0.0697. The van der Waals surface area contributed by atoms with E-state index in [1.807, 2.05) is 0 Å². The van der Waals surface area contributed by atoms with Gasteiger partial charge in [-0.2, -0.15) is 0 Å². The first-order valence-electron chi connectivity index (χ1n) is 6.95. The largest absolute Gasteiger partial charge is 0.478 e. The second-order valence-electron chi connectivity index (χ2n) is 5.10. The van der Waals surface area contributed by atoms with Crippen molar-refractivity contribution in [3.05, 3.63) is 21.9 Å². The molecule has 4 nitrogen and oxygen atoms in total. The first-order chi connectivity index (χ1) is 9.19. The van der Waals surface area contributed by atoms with Crippen LogP contribution in [0.2, 0.25) is 0 Å². The van der Waals surface area contributed by atoms with E-state index in [0.717, 1.165) is 11.4 Å². The van der Waals surface area contributed by atoms with E-state index in [4.69, 9.17) is 5.11 Å². The normalized spacial score (nSPS) is 17.7. The smallest absolute Gasteiger partial charge is 0.336 e. The fraction of sp³-hybridized carbons (Fsp3) is 0.643. The van der Waals surface area contributed by atoms with Gasteiger partial charge in [-0.15, -0.1) is 11.3 Å². The molecule has 0 aliphatic carbocycles. The highest BCUT2D eigenvalue weighted by Crippen LogP contribution is 2.16. The lowest BCUT2D eigenvalue weighted by atomic mass is 10.0. The number of thiophene rings is 1. The Kier molecular flexibility index (Phi) is 5.36. The van der Waals surface area contributed by atoms with Gasteiger partial charge < -0.3 is 15.3 Å². The van der Waals surface area contributed by atoms with Crippen molar-refractivity contribution in [2.45, 2.75) is 38.8 Å². The van der Waals surface area contributed by atoms with Crippen molar-refractivity contribution in [3.8, 4) is 0 Å². The molecule has 0 saturated carbocycles. The van der Waals surface area contributed by atoms with Crippen LogP contribution < -0.4 is 5.32 Å². The molecule has 5 heteroatoms. The van der Waals surface area contributed by atoms with Gasteiger partial charge in [-0.05, 0) is 45.0 Å². The fourth-order valence-corrected chi connectivity index (χ4v) is 3.32. The Labute approximate surface area is 118 Å². The van der Waals surface area contributed by atoms with Crippen molar-refractivity contribution >= 4 is 17.3 Å². The Balaban J connectivity index is 1.72. The maximum absolute atomic E-state index is 10.8. The number of hydrogen-bond donors (Lipinski definition) is 2. The SMILES string of the molecule is CCCN1CCC(NCc2cc(C(=O)O)cs2)CC1. The van der Waals surface area contributed by atoms with Gasteiger partial charge in [0.15, 0.2) is 0 Å². The van der Waals surface area contributed by atoms with E-state index in [1.54, 1.807) is 11.4 Å². The van der Waals surface area contributed by atoms with E-state index in [2.05, 4.69) is 17.1 Å². The summed E-state index contributed by atoms with van der Waals surface area (Å²) in [6.45, 7) is 6.57. The molecule has 106 valence electrons. The second kappa shape index (κ2) is 7.03. The van der Waals surface area contributed by atoms with Crippen LogP contribution in [0.1, 0.15) is 41.4 Å². The fourth-order valence-electron chi connectivity index (χ4n) is 2.51. The summed E-state index contributed by atoms with van der Waals surface area (Å²) in [5.41, 5.74) is 0.402. The molecule has 0 radical (unpaired) electrons. The molecule has 1 aliphatic rings. The zero-order valence-corrected chi connectivity index (χ0v) is 12.2. The van der Waals surface area contributed by atoms with Crippen LogP contribution in [0.4, 0.5) is 0 Å². The van der Waals surface area contributed by atoms with Gasteiger partial charge in [-0.25, -0.2) is 4.79 Å². The van der Waals surface area contributed by atoms with Crippen LogP contribution in [0.3, 0.4) is 0 Å². The maximum atomic E-state index is 10.8. The summed E-state index contributed by atoms with van der Waals surface area (Å²) in [6.07, 6.45) is 3.61. The molecule has 1 aromatic rings. The molecule has 1 aliphatic heterocycles. The van der Waals surface area contributed by atoms with Crippen LogP contribution in [-0.4, -0.2) is 41.7 Å². The third-order valence-corrected chi connectivity index (χ3v) is 4.53. The van der Waals surface area contributed by atoms with Gasteiger partial charge in [0.05, 0.1) is 5.56 Å². The molecule has 2 N–H and O–H groups in total. The van der Waals surface area contributed by atoms with Crippen LogP contribution in [0, 0.1) is 0 Å². The second-order valence-corrected chi connectivity index (χ2v) is 6.10. The molecule has 19 heavy (non-hydrogen) atoms. The number of carboxylic acid groups (broad SMARTS) is 1. The molecule has 0 unspecified atom stereocenters. The molecule has 0 bridgehead atoms. The van der Waals surface area contributed by atoms with Crippen molar-refractivity contribution < 1.29 is 9.90 Å². The average Bonchev–Trinajstić information content (AvgIpc) is 2.87. The highest BCUT2D eigenvalue weighted by Gasteiger charge is 2.18. The molecule has 0 aromatic carbocycles. The Morgan fingerprint density at radius 1 is 1.53 bits per heavy atom. The van der Waals surface area contributed by atoms with Crippen LogP contribution >= 0.6 is 11.3 Å². The summed E-state index contributed by atoms with van der Waals surface area (Å²) >= 11 is 1.52. The average molecular weight is 282 g/mol. The summed E-state index contributed by atoms with van der Waals surface area (Å²) in [7, 11) is 0. The molecule has 0 amide bonds. The topological polar surface area (TPSA) is 52.6 Å². The summed E-state index contributed by atoms with van der Waals surface area (Å²) < 4.78 is 0. The van der Waals surface area contributed by atoms with Crippen molar-refractivity contribution in [3.63, 3.8) is 0 Å². The van der Waals surface area contributed by atoms with Gasteiger partial charge in [0.1, 0.15) is 0 Å². The number of rotatable bonds is 6. The zero-order chi connectivity index (χ0) is 13.7. The Hall–Kier alpha value is -0.910. The monoisotopic (exact) mass is 282 g/mol. The van der Waals surface area contributed by atoms with Gasteiger partial charge >= 0.3 is 5.97 Å². The Morgan fingerprint density at radius 3 is 2.84 bits per heavy atom. The number of nitrogens with one attached hydrogen (secondary N) is 1. The number of nitrogens with zero attached hydrogens (tertiary/aromatic N) is 1. The maximum Gasteiger partial charge on any atom is 0.336 e. The van der Waals surface area contributed by atoms with E-state index >= 15 is 0 Å². The summed E-state index contributed by atoms with van der Waals surface area (Å²) in [4.78, 5) is 14.4. The van der Waals surface area contributed by atoms with Crippen LogP contribution in [-0.2, 0) is 6.54 Å². The molecule has 1 saturated heterocycles. The Bertz CT molecular complexity index is 411. The number of hydrogen-bond acceptors (Lipinski definition) is 4. The van der Waals surface area contributed by atoms with Gasteiger partial charge in [0, 0.05) is 22.8 Å². The lowest BCUT2D eigenvalue weighted by Crippen LogP contribution is -2.42. The van der Waals surface area contributed by atoms with Crippen LogP contribution in [0.25, 0.3) is 0 Å². The van der Waals surface area contributed by atoms with E-state index < -0.39 is 5.97 Å². The molecular formula is C14H22N2O2S. The summed E-state index contributed by atoms with van der Waals surface area (Å²) in [5.74, 6) is -0.838. The quantitative estimate of drug-likeness (QED) is 0.841. The lowest BCUT2D eigenvalue weighted by Gasteiger charge is -2.32. The third kappa shape index (κ3) is 4.30. The first kappa shape index (κ1) is 14.5. The van der Waals surface area contributed by atoms with Crippen molar-refractivity contribution in [1.29, 1.82) is 0 Å². The summed E-state index contributed by atoms with van der Waals surface area (Å²) in [5, 5.41) is 14.1. The van der Waals surface area contributed by atoms with Crippen LogP contribution in [0.15, 0.2) is 11.4 Å². The molecule has 2 heterocycles. The molecule has 1 aromatic heterocycles. The molecular weight excluding hydrogens is 260 g/mol. The first-order valence-corrected chi connectivity index (χ1v) is 7.83. The van der Waals surface area contributed by atoms with Gasteiger partial charge in [0.2, 0.25) is 0 Å². The third-order valence-electron chi connectivity index (χ3n) is 3.59. The minimum absolute atomic E-state index is 0.402.